The Morgan fingerprint density at radius 2 is 1.62 bits per heavy atom. The minimum absolute atomic E-state index is 0.837. The highest BCUT2D eigenvalue weighted by atomic mass is 16.1. The molecular formula is C12H20O. The van der Waals surface area contributed by atoms with E-state index in [1.54, 1.807) is 6.08 Å². The van der Waals surface area contributed by atoms with Gasteiger partial charge in [-0.05, 0) is 38.2 Å². The van der Waals surface area contributed by atoms with Crippen molar-refractivity contribution >= 4 is 6.29 Å². The van der Waals surface area contributed by atoms with Crippen molar-refractivity contribution in [3.05, 3.63) is 24.3 Å². The standard InChI is InChI=1S/C12H20O/c1-2-3-4-5-6-7-8-9-10-11-12-13/h3-4,10-12H,2,5-9H2,1H3/b4-3+,11-10+. The Balaban J connectivity index is 3.03. The second-order valence-corrected chi connectivity index (χ2v) is 3.08. The molecule has 0 bridgehead atoms. The summed E-state index contributed by atoms with van der Waals surface area (Å²) < 4.78 is 0. The first kappa shape index (κ1) is 12.2. The summed E-state index contributed by atoms with van der Waals surface area (Å²) in [5.41, 5.74) is 0. The molecule has 0 atom stereocenters. The van der Waals surface area contributed by atoms with Crippen molar-refractivity contribution in [2.75, 3.05) is 0 Å². The Morgan fingerprint density at radius 3 is 2.23 bits per heavy atom. The highest BCUT2D eigenvalue weighted by Crippen LogP contribution is 2.04. The van der Waals surface area contributed by atoms with Gasteiger partial charge in [-0.25, -0.2) is 0 Å². The lowest BCUT2D eigenvalue weighted by molar-refractivity contribution is -0.104. The molecule has 0 aliphatic rings. The van der Waals surface area contributed by atoms with Gasteiger partial charge in [-0.1, -0.05) is 31.6 Å². The van der Waals surface area contributed by atoms with Crippen LogP contribution in [0.2, 0.25) is 0 Å². The fraction of sp³-hybridized carbons (Fsp3) is 0.583. The van der Waals surface area contributed by atoms with Crippen molar-refractivity contribution in [1.82, 2.24) is 0 Å². The Morgan fingerprint density at radius 1 is 0.923 bits per heavy atom. The van der Waals surface area contributed by atoms with Crippen LogP contribution >= 0.6 is 0 Å². The molecule has 0 aromatic rings. The molecule has 0 fully saturated rings. The zero-order chi connectivity index (χ0) is 9.78. The van der Waals surface area contributed by atoms with E-state index in [1.807, 2.05) is 6.08 Å². The molecule has 0 rings (SSSR count). The number of allylic oxidation sites excluding steroid dienone is 4. The Kier molecular flexibility index (Phi) is 10.4. The molecule has 0 radical (unpaired) electrons. The van der Waals surface area contributed by atoms with Crippen LogP contribution in [0.25, 0.3) is 0 Å². The maximum atomic E-state index is 9.92. The topological polar surface area (TPSA) is 17.1 Å². The molecule has 0 aromatic carbocycles. The fourth-order valence-corrected chi connectivity index (χ4v) is 1.14. The predicted molar refractivity (Wildman–Crippen MR) is 57.7 cm³/mol. The van der Waals surface area contributed by atoms with Crippen LogP contribution in [0.4, 0.5) is 0 Å². The first-order valence-corrected chi connectivity index (χ1v) is 5.17. The van der Waals surface area contributed by atoms with Crippen LogP contribution in [0.3, 0.4) is 0 Å². The fourth-order valence-electron chi connectivity index (χ4n) is 1.14. The van der Waals surface area contributed by atoms with E-state index in [2.05, 4.69) is 19.1 Å². The molecule has 0 spiro atoms. The van der Waals surface area contributed by atoms with Gasteiger partial charge >= 0.3 is 0 Å². The third-order valence-electron chi connectivity index (χ3n) is 1.86. The summed E-state index contributed by atoms with van der Waals surface area (Å²) in [5.74, 6) is 0. The molecule has 0 N–H and O–H groups in total. The van der Waals surface area contributed by atoms with Gasteiger partial charge in [0.25, 0.3) is 0 Å². The van der Waals surface area contributed by atoms with Crippen molar-refractivity contribution < 1.29 is 4.79 Å². The maximum Gasteiger partial charge on any atom is 0.142 e. The number of hydrogen-bond donors (Lipinski definition) is 0. The van der Waals surface area contributed by atoms with Gasteiger partial charge in [0.2, 0.25) is 0 Å². The van der Waals surface area contributed by atoms with E-state index in [1.165, 1.54) is 25.7 Å². The molecule has 0 unspecified atom stereocenters. The molecule has 0 amide bonds. The lowest BCUT2D eigenvalue weighted by Crippen LogP contribution is -1.75. The van der Waals surface area contributed by atoms with E-state index < -0.39 is 0 Å². The van der Waals surface area contributed by atoms with E-state index in [0.29, 0.717) is 0 Å². The van der Waals surface area contributed by atoms with Gasteiger partial charge in [-0.3, -0.25) is 4.79 Å². The molecular weight excluding hydrogens is 160 g/mol. The first-order chi connectivity index (χ1) is 6.41. The van der Waals surface area contributed by atoms with Crippen LogP contribution in [0.15, 0.2) is 24.3 Å². The number of hydrogen-bond acceptors (Lipinski definition) is 1. The van der Waals surface area contributed by atoms with E-state index in [4.69, 9.17) is 0 Å². The summed E-state index contributed by atoms with van der Waals surface area (Å²) in [6, 6.07) is 0. The smallest absolute Gasteiger partial charge is 0.142 e. The van der Waals surface area contributed by atoms with Gasteiger partial charge < -0.3 is 0 Å². The quantitative estimate of drug-likeness (QED) is 0.241. The van der Waals surface area contributed by atoms with E-state index in [9.17, 15) is 4.79 Å². The van der Waals surface area contributed by atoms with Crippen LogP contribution in [0.1, 0.15) is 45.4 Å². The molecule has 0 aliphatic heterocycles. The predicted octanol–water partition coefficient (Wildman–Crippen LogP) is 3.66. The van der Waals surface area contributed by atoms with Gasteiger partial charge in [0.15, 0.2) is 0 Å². The summed E-state index contributed by atoms with van der Waals surface area (Å²) >= 11 is 0. The van der Waals surface area contributed by atoms with Crippen LogP contribution in [0.5, 0.6) is 0 Å². The van der Waals surface area contributed by atoms with Gasteiger partial charge in [0, 0.05) is 0 Å². The van der Waals surface area contributed by atoms with Crippen LogP contribution in [-0.2, 0) is 4.79 Å². The molecule has 1 nitrogen and oxygen atoms in total. The molecule has 1 heteroatoms. The number of carbonyl (C=O) groups is 1. The normalized spacial score (nSPS) is 11.5. The summed E-state index contributed by atoms with van der Waals surface area (Å²) in [4.78, 5) is 9.92. The lowest BCUT2D eigenvalue weighted by atomic mass is 10.1. The van der Waals surface area contributed by atoms with E-state index in [-0.39, 0.29) is 0 Å². The van der Waals surface area contributed by atoms with Crippen LogP contribution in [0, 0.1) is 0 Å². The molecule has 0 saturated heterocycles. The van der Waals surface area contributed by atoms with Crippen molar-refractivity contribution in [2.24, 2.45) is 0 Å². The Bertz CT molecular complexity index is 157. The average molecular weight is 180 g/mol. The lowest BCUT2D eigenvalue weighted by Gasteiger charge is -1.94. The number of unbranched alkanes of at least 4 members (excludes halogenated alkanes) is 4. The Labute approximate surface area is 81.5 Å². The van der Waals surface area contributed by atoms with Gasteiger partial charge in [0.05, 0.1) is 0 Å². The monoisotopic (exact) mass is 180 g/mol. The van der Waals surface area contributed by atoms with Gasteiger partial charge in [-0.15, -0.1) is 0 Å². The van der Waals surface area contributed by atoms with Crippen molar-refractivity contribution in [3.63, 3.8) is 0 Å². The van der Waals surface area contributed by atoms with Crippen molar-refractivity contribution in [3.8, 4) is 0 Å². The van der Waals surface area contributed by atoms with E-state index in [0.717, 1.165) is 19.1 Å². The van der Waals surface area contributed by atoms with E-state index >= 15 is 0 Å². The van der Waals surface area contributed by atoms with Gasteiger partial charge in [0.1, 0.15) is 6.29 Å². The number of rotatable bonds is 8. The zero-order valence-electron chi connectivity index (χ0n) is 8.54. The molecule has 0 heterocycles. The summed E-state index contributed by atoms with van der Waals surface area (Å²) in [6.07, 6.45) is 15.9. The minimum atomic E-state index is 0.837. The molecule has 0 saturated carbocycles. The number of carbonyl (C=O) groups excluding carboxylic acids is 1. The van der Waals surface area contributed by atoms with Crippen LogP contribution in [-0.4, -0.2) is 6.29 Å². The molecule has 13 heavy (non-hydrogen) atoms. The Hall–Kier alpha value is -0.850. The average Bonchev–Trinajstić information content (AvgIpc) is 2.16. The second kappa shape index (κ2) is 11.2. The minimum Gasteiger partial charge on any atom is -0.299 e. The molecule has 0 aliphatic carbocycles. The number of aldehydes is 1. The van der Waals surface area contributed by atoms with Crippen molar-refractivity contribution in [1.29, 1.82) is 0 Å². The van der Waals surface area contributed by atoms with Gasteiger partial charge in [-0.2, -0.15) is 0 Å². The summed E-state index contributed by atoms with van der Waals surface area (Å²) in [7, 11) is 0. The third kappa shape index (κ3) is 11.1. The largest absolute Gasteiger partial charge is 0.299 e. The summed E-state index contributed by atoms with van der Waals surface area (Å²) in [6.45, 7) is 2.15. The highest BCUT2D eigenvalue weighted by Gasteiger charge is 1.84. The molecule has 0 aromatic heterocycles. The summed E-state index contributed by atoms with van der Waals surface area (Å²) in [5, 5.41) is 0. The van der Waals surface area contributed by atoms with Crippen LogP contribution < -0.4 is 0 Å². The van der Waals surface area contributed by atoms with Crippen molar-refractivity contribution in [2.45, 2.75) is 45.4 Å². The second-order valence-electron chi connectivity index (χ2n) is 3.08. The SMILES string of the molecule is CC/C=C/CCCCC/C=C/C=O. The first-order valence-electron chi connectivity index (χ1n) is 5.17. The molecule has 74 valence electrons. The maximum absolute atomic E-state index is 9.92. The highest BCUT2D eigenvalue weighted by molar-refractivity contribution is 5.64. The zero-order valence-corrected chi connectivity index (χ0v) is 8.54. The third-order valence-corrected chi connectivity index (χ3v) is 1.86.